The van der Waals surface area contributed by atoms with E-state index in [1.54, 1.807) is 24.5 Å². The van der Waals surface area contributed by atoms with Crippen molar-refractivity contribution in [3.8, 4) is 0 Å². The van der Waals surface area contributed by atoms with Crippen molar-refractivity contribution in [3.05, 3.63) is 38.2 Å². The SMILES string of the molecule is Cc1sc(CCl)cc1S(=O)(=O)N(C)Cc1ccsc1. The maximum atomic E-state index is 12.5. The van der Waals surface area contributed by atoms with Crippen molar-refractivity contribution in [2.45, 2.75) is 24.2 Å². The molecule has 0 amide bonds. The fourth-order valence-corrected chi connectivity index (χ4v) is 5.25. The van der Waals surface area contributed by atoms with Crippen molar-refractivity contribution in [2.24, 2.45) is 0 Å². The predicted molar refractivity (Wildman–Crippen MR) is 81.6 cm³/mol. The molecule has 0 aliphatic carbocycles. The minimum absolute atomic E-state index is 0.343. The Bertz CT molecular complexity index is 647. The normalized spacial score (nSPS) is 12.2. The third kappa shape index (κ3) is 3.20. The first-order valence-electron chi connectivity index (χ1n) is 5.58. The van der Waals surface area contributed by atoms with Crippen molar-refractivity contribution >= 4 is 44.3 Å². The van der Waals surface area contributed by atoms with Crippen LogP contribution in [-0.4, -0.2) is 19.8 Å². The monoisotopic (exact) mass is 335 g/mol. The average Bonchev–Trinajstić information content (AvgIpc) is 2.98. The van der Waals surface area contributed by atoms with Gasteiger partial charge in [0.1, 0.15) is 0 Å². The van der Waals surface area contributed by atoms with Gasteiger partial charge in [-0.05, 0) is 35.4 Å². The molecule has 0 aliphatic rings. The molecule has 0 aromatic carbocycles. The topological polar surface area (TPSA) is 37.4 Å². The Morgan fingerprint density at radius 2 is 2.16 bits per heavy atom. The number of hydrogen-bond acceptors (Lipinski definition) is 4. The third-order valence-electron chi connectivity index (χ3n) is 2.73. The first-order chi connectivity index (χ1) is 8.95. The maximum Gasteiger partial charge on any atom is 0.244 e. The predicted octanol–water partition coefficient (Wildman–Crippen LogP) is 3.68. The number of sulfonamides is 1. The van der Waals surface area contributed by atoms with E-state index in [0.717, 1.165) is 15.3 Å². The van der Waals surface area contributed by atoms with E-state index in [0.29, 0.717) is 17.3 Å². The Kier molecular flexibility index (Phi) is 4.68. The maximum absolute atomic E-state index is 12.5. The lowest BCUT2D eigenvalue weighted by molar-refractivity contribution is 0.467. The Morgan fingerprint density at radius 1 is 1.42 bits per heavy atom. The van der Waals surface area contributed by atoms with Gasteiger partial charge in [-0.25, -0.2) is 8.42 Å². The van der Waals surface area contributed by atoms with Crippen LogP contribution < -0.4 is 0 Å². The first-order valence-corrected chi connectivity index (χ1v) is 9.31. The minimum atomic E-state index is -3.45. The summed E-state index contributed by atoms with van der Waals surface area (Å²) in [7, 11) is -1.84. The summed E-state index contributed by atoms with van der Waals surface area (Å²) in [6.07, 6.45) is 0. The molecular weight excluding hydrogens is 322 g/mol. The highest BCUT2D eigenvalue weighted by Gasteiger charge is 2.25. The van der Waals surface area contributed by atoms with Crippen LogP contribution in [0.5, 0.6) is 0 Å². The molecule has 2 heterocycles. The molecule has 0 fully saturated rings. The van der Waals surface area contributed by atoms with Gasteiger partial charge in [0.15, 0.2) is 0 Å². The number of aryl methyl sites for hydroxylation is 1. The summed E-state index contributed by atoms with van der Waals surface area (Å²) in [5.41, 5.74) is 1.00. The fraction of sp³-hybridized carbons (Fsp3) is 0.333. The van der Waals surface area contributed by atoms with E-state index in [2.05, 4.69) is 0 Å². The number of rotatable bonds is 5. The lowest BCUT2D eigenvalue weighted by Crippen LogP contribution is -2.26. The summed E-state index contributed by atoms with van der Waals surface area (Å²) < 4.78 is 26.4. The van der Waals surface area contributed by atoms with Crippen molar-refractivity contribution in [1.29, 1.82) is 0 Å². The Morgan fingerprint density at radius 3 is 2.68 bits per heavy atom. The van der Waals surface area contributed by atoms with Crippen LogP contribution in [0.4, 0.5) is 0 Å². The van der Waals surface area contributed by atoms with Crippen LogP contribution in [0, 0.1) is 6.92 Å². The summed E-state index contributed by atoms with van der Waals surface area (Å²) in [6.45, 7) is 2.20. The van der Waals surface area contributed by atoms with Gasteiger partial charge in [0, 0.05) is 23.3 Å². The fourth-order valence-electron chi connectivity index (χ4n) is 1.74. The molecule has 0 aliphatic heterocycles. The Hall–Kier alpha value is -0.400. The van der Waals surface area contributed by atoms with Crippen LogP contribution in [0.3, 0.4) is 0 Å². The number of halogens is 1. The molecule has 0 bridgehead atoms. The molecular formula is C12H14ClNO2S3. The molecule has 2 aromatic rings. The van der Waals surface area contributed by atoms with Gasteiger partial charge >= 0.3 is 0 Å². The molecule has 2 rings (SSSR count). The van der Waals surface area contributed by atoms with Crippen molar-refractivity contribution in [1.82, 2.24) is 4.31 Å². The lowest BCUT2D eigenvalue weighted by Gasteiger charge is -2.16. The highest BCUT2D eigenvalue weighted by molar-refractivity contribution is 7.89. The van der Waals surface area contributed by atoms with Crippen LogP contribution in [-0.2, 0) is 22.4 Å². The van der Waals surface area contributed by atoms with Crippen molar-refractivity contribution in [2.75, 3.05) is 7.05 Å². The molecule has 3 nitrogen and oxygen atoms in total. The van der Waals surface area contributed by atoms with Crippen LogP contribution >= 0.6 is 34.3 Å². The van der Waals surface area contributed by atoms with Crippen LogP contribution in [0.15, 0.2) is 27.8 Å². The second-order valence-corrected chi connectivity index (χ2v) is 8.56. The van der Waals surface area contributed by atoms with Gasteiger partial charge in [-0.2, -0.15) is 15.6 Å². The average molecular weight is 336 g/mol. The second-order valence-electron chi connectivity index (χ2n) is 4.16. The summed E-state index contributed by atoms with van der Waals surface area (Å²) in [4.78, 5) is 2.03. The summed E-state index contributed by atoms with van der Waals surface area (Å²) in [5, 5.41) is 3.90. The molecule has 0 atom stereocenters. The van der Waals surface area contributed by atoms with E-state index in [1.165, 1.54) is 15.6 Å². The summed E-state index contributed by atoms with van der Waals surface area (Å²) in [6, 6.07) is 3.60. The first kappa shape index (κ1) is 15.0. The Labute approximate surface area is 126 Å². The third-order valence-corrected chi connectivity index (χ3v) is 7.02. The van der Waals surface area contributed by atoms with Crippen LogP contribution in [0.1, 0.15) is 15.3 Å². The number of alkyl halides is 1. The Balaban J connectivity index is 2.28. The molecule has 0 unspecified atom stereocenters. The van der Waals surface area contributed by atoms with Crippen molar-refractivity contribution < 1.29 is 8.42 Å². The minimum Gasteiger partial charge on any atom is -0.207 e. The molecule has 0 radical (unpaired) electrons. The molecule has 19 heavy (non-hydrogen) atoms. The van der Waals surface area contributed by atoms with E-state index >= 15 is 0 Å². The largest absolute Gasteiger partial charge is 0.244 e. The van der Waals surface area contributed by atoms with E-state index < -0.39 is 10.0 Å². The van der Waals surface area contributed by atoms with Crippen LogP contribution in [0.2, 0.25) is 0 Å². The van der Waals surface area contributed by atoms with Gasteiger partial charge in [0.2, 0.25) is 10.0 Å². The zero-order valence-electron chi connectivity index (χ0n) is 10.6. The van der Waals surface area contributed by atoms with E-state index in [9.17, 15) is 8.42 Å². The van der Waals surface area contributed by atoms with Gasteiger partial charge in [-0.15, -0.1) is 22.9 Å². The summed E-state index contributed by atoms with van der Waals surface area (Å²) >= 11 is 8.75. The second kappa shape index (κ2) is 5.93. The molecule has 0 saturated carbocycles. The molecule has 7 heteroatoms. The molecule has 0 spiro atoms. The molecule has 0 N–H and O–H groups in total. The van der Waals surface area contributed by atoms with E-state index in [1.807, 2.05) is 23.8 Å². The molecule has 104 valence electrons. The quantitative estimate of drug-likeness (QED) is 0.782. The molecule has 2 aromatic heterocycles. The van der Waals surface area contributed by atoms with Gasteiger partial charge in [-0.1, -0.05) is 0 Å². The van der Waals surface area contributed by atoms with Crippen molar-refractivity contribution in [3.63, 3.8) is 0 Å². The number of hydrogen-bond donors (Lipinski definition) is 0. The number of thiophene rings is 2. The van der Waals surface area contributed by atoms with E-state index in [-0.39, 0.29) is 0 Å². The smallest absolute Gasteiger partial charge is 0.207 e. The highest BCUT2D eigenvalue weighted by atomic mass is 35.5. The van der Waals surface area contributed by atoms with E-state index in [4.69, 9.17) is 11.6 Å². The standard InChI is InChI=1S/C12H14ClNO2S3/c1-9-12(5-11(6-13)18-9)19(15,16)14(2)7-10-3-4-17-8-10/h3-5,8H,6-7H2,1-2H3. The lowest BCUT2D eigenvalue weighted by atomic mass is 10.3. The van der Waals surface area contributed by atoms with Crippen LogP contribution in [0.25, 0.3) is 0 Å². The van der Waals surface area contributed by atoms with Gasteiger partial charge in [-0.3, -0.25) is 0 Å². The molecule has 0 saturated heterocycles. The zero-order valence-corrected chi connectivity index (χ0v) is 13.8. The number of nitrogens with zero attached hydrogens (tertiary/aromatic N) is 1. The van der Waals surface area contributed by atoms with Gasteiger partial charge in [0.25, 0.3) is 0 Å². The van der Waals surface area contributed by atoms with Gasteiger partial charge < -0.3 is 0 Å². The zero-order chi connectivity index (χ0) is 14.0. The van der Waals surface area contributed by atoms with Gasteiger partial charge in [0.05, 0.1) is 10.8 Å². The highest BCUT2D eigenvalue weighted by Crippen LogP contribution is 2.29. The summed E-state index contributed by atoms with van der Waals surface area (Å²) in [5.74, 6) is 0.343.